The van der Waals surface area contributed by atoms with E-state index in [4.69, 9.17) is 4.84 Å². The normalized spacial score (nSPS) is 10.2. The van der Waals surface area contributed by atoms with E-state index in [0.717, 1.165) is 11.1 Å². The Morgan fingerprint density at radius 2 is 1.71 bits per heavy atom. The molecule has 24 heavy (non-hydrogen) atoms. The predicted octanol–water partition coefficient (Wildman–Crippen LogP) is 0.656. The van der Waals surface area contributed by atoms with Crippen LogP contribution in [0.5, 0.6) is 0 Å². The molecule has 0 saturated heterocycles. The Kier molecular flexibility index (Phi) is 11.6. The first kappa shape index (κ1) is 21.5. The van der Waals surface area contributed by atoms with Crippen molar-refractivity contribution in [3.63, 3.8) is 0 Å². The van der Waals surface area contributed by atoms with Gasteiger partial charge in [-0.2, -0.15) is 5.06 Å². The van der Waals surface area contributed by atoms with Crippen LogP contribution in [0, 0.1) is 0 Å². The molecule has 0 unspecified atom stereocenters. The van der Waals surface area contributed by atoms with Crippen LogP contribution < -0.4 is 0 Å². The minimum absolute atomic E-state index is 0.00614. The molecule has 0 rings (SSSR count). The van der Waals surface area contributed by atoms with Crippen LogP contribution in [-0.2, 0) is 28.8 Å². The van der Waals surface area contributed by atoms with Crippen LogP contribution in [0.2, 0.25) is 0 Å². The van der Waals surface area contributed by atoms with E-state index < -0.39 is 11.9 Å². The molecule has 0 aliphatic rings. The number of carbonyl (C=O) groups is 5. The van der Waals surface area contributed by atoms with E-state index in [0.29, 0.717) is 38.4 Å². The third-order valence-corrected chi connectivity index (χ3v) is 3.13. The predicted molar refractivity (Wildman–Crippen MR) is 85.5 cm³/mol. The number of rotatable bonds is 11. The van der Waals surface area contributed by atoms with E-state index in [9.17, 15) is 24.0 Å². The lowest BCUT2D eigenvalue weighted by Gasteiger charge is -2.16. The van der Waals surface area contributed by atoms with Crippen LogP contribution in [0.3, 0.4) is 0 Å². The van der Waals surface area contributed by atoms with Gasteiger partial charge < -0.3 is 14.5 Å². The Morgan fingerprint density at radius 1 is 1.00 bits per heavy atom. The maximum Gasteiger partial charge on any atom is 0.332 e. The number of amides is 2. The molecule has 0 aliphatic heterocycles. The van der Waals surface area contributed by atoms with Crippen LogP contribution in [0.4, 0.5) is 0 Å². The molecule has 0 heterocycles. The smallest absolute Gasteiger partial charge is 0.332 e. The second-order valence-electron chi connectivity index (χ2n) is 5.13. The third-order valence-electron chi connectivity index (χ3n) is 3.13. The summed E-state index contributed by atoms with van der Waals surface area (Å²) in [6, 6.07) is 0. The maximum atomic E-state index is 11.6. The van der Waals surface area contributed by atoms with Gasteiger partial charge in [0.1, 0.15) is 12.6 Å². The van der Waals surface area contributed by atoms with E-state index in [2.05, 4.69) is 0 Å². The number of carbonyl (C=O) groups excluding carboxylic acids is 5. The maximum absolute atomic E-state index is 11.6. The summed E-state index contributed by atoms with van der Waals surface area (Å²) in [4.78, 5) is 61.1. The summed E-state index contributed by atoms with van der Waals surface area (Å²) in [5.74, 6) is -1.20. The lowest BCUT2D eigenvalue weighted by Crippen LogP contribution is -2.29. The second-order valence-corrected chi connectivity index (χ2v) is 5.13. The number of hydrogen-bond acceptors (Lipinski definition) is 6. The molecule has 0 saturated carbocycles. The largest absolute Gasteiger partial charge is 0.342 e. The molecule has 0 spiro atoms. The average Bonchev–Trinajstić information content (AvgIpc) is 2.56. The van der Waals surface area contributed by atoms with Crippen molar-refractivity contribution < 1.29 is 28.8 Å². The van der Waals surface area contributed by atoms with Crippen molar-refractivity contribution in [3.05, 3.63) is 12.2 Å². The molecular weight excluding hydrogens is 316 g/mol. The summed E-state index contributed by atoms with van der Waals surface area (Å²) in [7, 11) is 2.96. The molecule has 0 N–H and O–H groups in total. The first-order valence-corrected chi connectivity index (χ1v) is 7.70. The van der Waals surface area contributed by atoms with Gasteiger partial charge in [-0.05, 0) is 18.9 Å². The monoisotopic (exact) mass is 340 g/mol. The van der Waals surface area contributed by atoms with Crippen LogP contribution in [0.15, 0.2) is 12.2 Å². The highest BCUT2D eigenvalue weighted by atomic mass is 16.7. The van der Waals surface area contributed by atoms with Crippen LogP contribution >= 0.6 is 0 Å². The van der Waals surface area contributed by atoms with Gasteiger partial charge in [0.15, 0.2) is 0 Å². The average molecular weight is 340 g/mol. The molecule has 0 aromatic rings. The number of allylic oxidation sites excluding steroid dienone is 1. The van der Waals surface area contributed by atoms with E-state index in [-0.39, 0.29) is 25.2 Å². The number of hydrogen-bond donors (Lipinski definition) is 0. The van der Waals surface area contributed by atoms with Gasteiger partial charge in [-0.3, -0.25) is 14.4 Å². The number of aldehydes is 2. The van der Waals surface area contributed by atoms with Gasteiger partial charge in [0.25, 0.3) is 5.91 Å². The molecule has 0 fully saturated rings. The lowest BCUT2D eigenvalue weighted by molar-refractivity contribution is -0.192. The number of hydroxylamine groups is 2. The fourth-order valence-corrected chi connectivity index (χ4v) is 1.74. The fraction of sp³-hybridized carbons (Fsp3) is 0.562. The second kappa shape index (κ2) is 13.0. The molecule has 0 aliphatic carbocycles. The van der Waals surface area contributed by atoms with Gasteiger partial charge in [-0.15, -0.1) is 0 Å². The van der Waals surface area contributed by atoms with Crippen molar-refractivity contribution in [1.82, 2.24) is 9.96 Å². The summed E-state index contributed by atoms with van der Waals surface area (Å²) in [6.07, 6.45) is 5.76. The Labute approximate surface area is 141 Å². The summed E-state index contributed by atoms with van der Waals surface area (Å²) < 4.78 is 0. The first-order chi connectivity index (χ1) is 11.4. The zero-order valence-electron chi connectivity index (χ0n) is 14.1. The molecule has 134 valence electrons. The van der Waals surface area contributed by atoms with Crippen molar-refractivity contribution in [2.45, 2.75) is 38.5 Å². The zero-order valence-corrected chi connectivity index (χ0v) is 14.1. The SMILES string of the molecule is CN(CCCCCC(=O)ON(C)C(=O)CCC=O)C(=O)/C=C\C=O. The van der Waals surface area contributed by atoms with Crippen LogP contribution in [0.25, 0.3) is 0 Å². The summed E-state index contributed by atoms with van der Waals surface area (Å²) in [5.41, 5.74) is 0. The number of unbranched alkanes of at least 4 members (excludes halogenated alkanes) is 2. The van der Waals surface area contributed by atoms with Crippen molar-refractivity contribution in [3.8, 4) is 0 Å². The van der Waals surface area contributed by atoms with Crippen molar-refractivity contribution in [1.29, 1.82) is 0 Å². The molecule has 2 amide bonds. The zero-order chi connectivity index (χ0) is 18.4. The first-order valence-electron chi connectivity index (χ1n) is 7.70. The van der Waals surface area contributed by atoms with Gasteiger partial charge >= 0.3 is 5.97 Å². The number of nitrogens with zero attached hydrogens (tertiary/aromatic N) is 2. The Bertz CT molecular complexity index is 475. The molecular formula is C16H24N2O6. The van der Waals surface area contributed by atoms with Gasteiger partial charge in [-0.25, -0.2) is 4.79 Å². The standard InChI is InChI=1S/C16H24N2O6/c1-17(14(21)8-6-12-19)11-5-3-4-10-16(23)24-18(2)15(22)9-7-13-20/h6,8,12-13H,3-5,7,9-11H2,1-2H3/b8-6-. The summed E-state index contributed by atoms with van der Waals surface area (Å²) in [5, 5.41) is 0.845. The topological polar surface area (TPSA) is 101 Å². The van der Waals surface area contributed by atoms with Gasteiger partial charge in [0.2, 0.25) is 5.91 Å². The summed E-state index contributed by atoms with van der Waals surface area (Å²) >= 11 is 0. The molecule has 0 bridgehead atoms. The molecule has 0 aromatic heterocycles. The van der Waals surface area contributed by atoms with E-state index in [1.165, 1.54) is 18.0 Å². The third kappa shape index (κ3) is 10.3. The van der Waals surface area contributed by atoms with E-state index in [1.807, 2.05) is 0 Å². The van der Waals surface area contributed by atoms with Crippen molar-refractivity contribution >= 4 is 30.4 Å². The highest BCUT2D eigenvalue weighted by molar-refractivity contribution is 5.90. The highest BCUT2D eigenvalue weighted by Gasteiger charge is 2.13. The van der Waals surface area contributed by atoms with Gasteiger partial charge in [0.05, 0.1) is 0 Å². The highest BCUT2D eigenvalue weighted by Crippen LogP contribution is 2.05. The van der Waals surface area contributed by atoms with Gasteiger partial charge in [-0.1, -0.05) is 6.42 Å². The van der Waals surface area contributed by atoms with Gasteiger partial charge in [0, 0.05) is 46.0 Å². The van der Waals surface area contributed by atoms with Crippen molar-refractivity contribution in [2.24, 2.45) is 0 Å². The van der Waals surface area contributed by atoms with Crippen molar-refractivity contribution in [2.75, 3.05) is 20.6 Å². The lowest BCUT2D eigenvalue weighted by atomic mass is 10.2. The van der Waals surface area contributed by atoms with Crippen LogP contribution in [0.1, 0.15) is 38.5 Å². The fourth-order valence-electron chi connectivity index (χ4n) is 1.74. The minimum atomic E-state index is -0.518. The molecule has 0 aromatic carbocycles. The Balaban J connectivity index is 3.84. The van der Waals surface area contributed by atoms with E-state index >= 15 is 0 Å². The number of likely N-dealkylation sites (N-methyl/N-ethyl adjacent to an activating group) is 1. The Hall–Kier alpha value is -2.51. The molecule has 8 nitrogen and oxygen atoms in total. The molecule has 0 radical (unpaired) electrons. The minimum Gasteiger partial charge on any atom is -0.342 e. The quantitative estimate of drug-likeness (QED) is 0.237. The molecule has 0 atom stereocenters. The van der Waals surface area contributed by atoms with Crippen LogP contribution in [-0.4, -0.2) is 61.0 Å². The molecule has 8 heteroatoms. The Morgan fingerprint density at radius 3 is 2.33 bits per heavy atom. The summed E-state index contributed by atoms with van der Waals surface area (Å²) in [6.45, 7) is 0.515. The van der Waals surface area contributed by atoms with E-state index in [1.54, 1.807) is 7.05 Å².